The molecule has 0 spiro atoms. The highest BCUT2D eigenvalue weighted by molar-refractivity contribution is 6.31. The van der Waals surface area contributed by atoms with Crippen molar-refractivity contribution in [1.29, 1.82) is 0 Å². The Morgan fingerprint density at radius 2 is 2.33 bits per heavy atom. The standard InChI is InChI=1S/C8H11ClN2O/c1-5-6(8(10)4-12)2-11-3-7(5)9/h2-3,8,12H,4,10H2,1H3. The summed E-state index contributed by atoms with van der Waals surface area (Å²) in [6, 6.07) is -0.392. The van der Waals surface area contributed by atoms with Crippen molar-refractivity contribution in [3.63, 3.8) is 0 Å². The maximum atomic E-state index is 8.81. The lowest BCUT2D eigenvalue weighted by molar-refractivity contribution is 0.267. The Labute approximate surface area is 76.2 Å². The maximum Gasteiger partial charge on any atom is 0.0625 e. The molecule has 1 heterocycles. The van der Waals surface area contributed by atoms with Crippen molar-refractivity contribution >= 4 is 11.6 Å². The molecule has 0 aliphatic carbocycles. The molecular weight excluding hydrogens is 176 g/mol. The largest absolute Gasteiger partial charge is 0.394 e. The molecule has 3 nitrogen and oxygen atoms in total. The molecule has 1 aromatic rings. The maximum absolute atomic E-state index is 8.81. The summed E-state index contributed by atoms with van der Waals surface area (Å²) in [4.78, 5) is 3.89. The molecule has 4 heteroatoms. The Balaban J connectivity index is 3.07. The van der Waals surface area contributed by atoms with Crippen LogP contribution in [0.3, 0.4) is 0 Å². The molecule has 12 heavy (non-hydrogen) atoms. The van der Waals surface area contributed by atoms with Crippen LogP contribution in [0.4, 0.5) is 0 Å². The molecule has 0 radical (unpaired) electrons. The van der Waals surface area contributed by atoms with Crippen LogP contribution in [-0.4, -0.2) is 16.7 Å². The van der Waals surface area contributed by atoms with Crippen molar-refractivity contribution in [3.05, 3.63) is 28.5 Å². The number of aliphatic hydroxyl groups excluding tert-OH is 1. The molecule has 1 atom stereocenters. The van der Waals surface area contributed by atoms with Gasteiger partial charge < -0.3 is 10.8 Å². The van der Waals surface area contributed by atoms with Crippen molar-refractivity contribution in [2.45, 2.75) is 13.0 Å². The molecule has 0 aromatic carbocycles. The van der Waals surface area contributed by atoms with Crippen LogP contribution in [0.2, 0.25) is 5.02 Å². The van der Waals surface area contributed by atoms with Crippen LogP contribution in [0.15, 0.2) is 12.4 Å². The van der Waals surface area contributed by atoms with E-state index in [0.717, 1.165) is 11.1 Å². The SMILES string of the molecule is Cc1c(Cl)cncc1C(N)CO. The van der Waals surface area contributed by atoms with Gasteiger partial charge in [0.1, 0.15) is 0 Å². The van der Waals surface area contributed by atoms with E-state index in [0.29, 0.717) is 5.02 Å². The minimum atomic E-state index is -0.392. The van der Waals surface area contributed by atoms with Gasteiger partial charge in [-0.15, -0.1) is 0 Å². The van der Waals surface area contributed by atoms with Crippen LogP contribution in [0.25, 0.3) is 0 Å². The van der Waals surface area contributed by atoms with Crippen molar-refractivity contribution in [2.75, 3.05) is 6.61 Å². The summed E-state index contributed by atoms with van der Waals surface area (Å²) >= 11 is 5.82. The van der Waals surface area contributed by atoms with Gasteiger partial charge in [0.15, 0.2) is 0 Å². The predicted octanol–water partition coefficient (Wildman–Crippen LogP) is 1.04. The lowest BCUT2D eigenvalue weighted by atomic mass is 10.1. The second-order valence-corrected chi connectivity index (χ2v) is 3.03. The molecule has 0 saturated heterocycles. The molecule has 3 N–H and O–H groups in total. The molecular formula is C8H11ClN2O. The topological polar surface area (TPSA) is 59.1 Å². The number of nitrogens with zero attached hydrogens (tertiary/aromatic N) is 1. The number of aliphatic hydroxyl groups is 1. The van der Waals surface area contributed by atoms with E-state index in [2.05, 4.69) is 4.98 Å². The van der Waals surface area contributed by atoms with E-state index < -0.39 is 6.04 Å². The second kappa shape index (κ2) is 3.85. The lowest BCUT2D eigenvalue weighted by Crippen LogP contribution is -2.16. The summed E-state index contributed by atoms with van der Waals surface area (Å²) < 4.78 is 0. The minimum absolute atomic E-state index is 0.0944. The average Bonchev–Trinajstić information content (AvgIpc) is 2.08. The van der Waals surface area contributed by atoms with Crippen molar-refractivity contribution < 1.29 is 5.11 Å². The molecule has 0 amide bonds. The van der Waals surface area contributed by atoms with E-state index in [1.54, 1.807) is 12.4 Å². The van der Waals surface area contributed by atoms with Gasteiger partial charge in [-0.3, -0.25) is 4.98 Å². The smallest absolute Gasteiger partial charge is 0.0625 e. The molecule has 0 aliphatic rings. The summed E-state index contributed by atoms with van der Waals surface area (Å²) in [5, 5.41) is 9.39. The number of hydrogen-bond donors (Lipinski definition) is 2. The molecule has 1 unspecified atom stereocenters. The van der Waals surface area contributed by atoms with Gasteiger partial charge in [-0.05, 0) is 18.1 Å². The first-order valence-corrected chi connectivity index (χ1v) is 4.01. The third-order valence-corrected chi connectivity index (χ3v) is 2.17. The van der Waals surface area contributed by atoms with E-state index in [1.165, 1.54) is 0 Å². The third kappa shape index (κ3) is 1.75. The van der Waals surface area contributed by atoms with E-state index >= 15 is 0 Å². The van der Waals surface area contributed by atoms with E-state index in [9.17, 15) is 0 Å². The Hall–Kier alpha value is -0.640. The summed E-state index contributed by atoms with van der Waals surface area (Å²) in [7, 11) is 0. The molecule has 0 aliphatic heterocycles. The van der Waals surface area contributed by atoms with Crippen LogP contribution < -0.4 is 5.73 Å². The molecule has 1 rings (SSSR count). The van der Waals surface area contributed by atoms with Crippen LogP contribution in [0.5, 0.6) is 0 Å². The number of nitrogens with two attached hydrogens (primary N) is 1. The van der Waals surface area contributed by atoms with Gasteiger partial charge in [0, 0.05) is 12.4 Å². The zero-order valence-corrected chi connectivity index (χ0v) is 7.54. The van der Waals surface area contributed by atoms with Crippen molar-refractivity contribution in [1.82, 2.24) is 4.98 Å². The number of halogens is 1. The first-order chi connectivity index (χ1) is 5.66. The fourth-order valence-electron chi connectivity index (χ4n) is 0.987. The van der Waals surface area contributed by atoms with Gasteiger partial charge in [0.25, 0.3) is 0 Å². The van der Waals surface area contributed by atoms with E-state index in [-0.39, 0.29) is 6.61 Å². The molecule has 66 valence electrons. The number of aromatic nitrogens is 1. The monoisotopic (exact) mass is 186 g/mol. The predicted molar refractivity (Wildman–Crippen MR) is 48.0 cm³/mol. The first kappa shape index (κ1) is 9.45. The Morgan fingerprint density at radius 3 is 2.92 bits per heavy atom. The fourth-order valence-corrected chi connectivity index (χ4v) is 1.15. The normalized spacial score (nSPS) is 13.0. The Morgan fingerprint density at radius 1 is 1.67 bits per heavy atom. The molecule has 0 fully saturated rings. The van der Waals surface area contributed by atoms with Crippen LogP contribution >= 0.6 is 11.6 Å². The summed E-state index contributed by atoms with van der Waals surface area (Å²) in [6.07, 6.45) is 3.19. The highest BCUT2D eigenvalue weighted by Gasteiger charge is 2.09. The summed E-state index contributed by atoms with van der Waals surface area (Å²) in [5.74, 6) is 0. The number of hydrogen-bond acceptors (Lipinski definition) is 3. The average molecular weight is 187 g/mol. The van der Waals surface area contributed by atoms with E-state index in [4.69, 9.17) is 22.4 Å². The Kier molecular flexibility index (Phi) is 3.03. The highest BCUT2D eigenvalue weighted by Crippen LogP contribution is 2.20. The van der Waals surface area contributed by atoms with Crippen molar-refractivity contribution in [2.24, 2.45) is 5.73 Å². The third-order valence-electron chi connectivity index (χ3n) is 1.79. The first-order valence-electron chi connectivity index (χ1n) is 3.63. The lowest BCUT2D eigenvalue weighted by Gasteiger charge is -2.11. The van der Waals surface area contributed by atoms with Crippen LogP contribution in [0, 0.1) is 6.92 Å². The summed E-state index contributed by atoms with van der Waals surface area (Å²) in [6.45, 7) is 1.76. The van der Waals surface area contributed by atoms with Gasteiger partial charge in [-0.2, -0.15) is 0 Å². The van der Waals surface area contributed by atoms with Crippen molar-refractivity contribution in [3.8, 4) is 0 Å². The molecule has 1 aromatic heterocycles. The molecule has 0 saturated carbocycles. The van der Waals surface area contributed by atoms with Crippen LogP contribution in [-0.2, 0) is 0 Å². The van der Waals surface area contributed by atoms with E-state index in [1.807, 2.05) is 6.92 Å². The zero-order chi connectivity index (χ0) is 9.14. The van der Waals surface area contributed by atoms with Gasteiger partial charge in [-0.1, -0.05) is 11.6 Å². The highest BCUT2D eigenvalue weighted by atomic mass is 35.5. The van der Waals surface area contributed by atoms with Gasteiger partial charge in [0.2, 0.25) is 0 Å². The Bertz CT molecular complexity index is 278. The second-order valence-electron chi connectivity index (χ2n) is 2.62. The van der Waals surface area contributed by atoms with Crippen LogP contribution in [0.1, 0.15) is 17.2 Å². The quantitative estimate of drug-likeness (QED) is 0.726. The summed E-state index contributed by atoms with van der Waals surface area (Å²) in [5.41, 5.74) is 7.29. The zero-order valence-electron chi connectivity index (χ0n) is 6.79. The number of rotatable bonds is 2. The number of pyridine rings is 1. The van der Waals surface area contributed by atoms with Gasteiger partial charge >= 0.3 is 0 Å². The van der Waals surface area contributed by atoms with Gasteiger partial charge in [0.05, 0.1) is 17.7 Å². The molecule has 0 bridgehead atoms. The minimum Gasteiger partial charge on any atom is -0.394 e. The fraction of sp³-hybridized carbons (Fsp3) is 0.375. The van der Waals surface area contributed by atoms with Gasteiger partial charge in [-0.25, -0.2) is 0 Å².